The van der Waals surface area contributed by atoms with Crippen molar-refractivity contribution in [2.45, 2.75) is 13.8 Å². The van der Waals surface area contributed by atoms with Gasteiger partial charge in [0.25, 0.3) is 5.69 Å². The predicted molar refractivity (Wildman–Crippen MR) is 114 cm³/mol. The molecule has 0 amide bonds. The second kappa shape index (κ2) is 7.30. The molecule has 3 aromatic heterocycles. The van der Waals surface area contributed by atoms with Crippen molar-refractivity contribution in [1.29, 1.82) is 0 Å². The summed E-state index contributed by atoms with van der Waals surface area (Å²) < 4.78 is 4.28. The first kappa shape index (κ1) is 19.1. The minimum absolute atomic E-state index is 0. The number of benzene rings is 1. The number of rotatable bonds is 2. The van der Waals surface area contributed by atoms with Gasteiger partial charge in [0, 0.05) is 17.8 Å². The maximum absolute atomic E-state index is 5.19. The second-order valence-corrected chi connectivity index (χ2v) is 7.16. The fourth-order valence-electron chi connectivity index (χ4n) is 4.03. The van der Waals surface area contributed by atoms with E-state index in [1.165, 1.54) is 22.2 Å². The van der Waals surface area contributed by atoms with Crippen LogP contribution < -0.4 is 17.0 Å². The van der Waals surface area contributed by atoms with Crippen LogP contribution in [0.1, 0.15) is 18.2 Å². The monoisotopic (exact) mass is 400 g/mol. The van der Waals surface area contributed by atoms with Gasteiger partial charge >= 0.3 is 0 Å². The van der Waals surface area contributed by atoms with Gasteiger partial charge in [-0.2, -0.15) is 4.57 Å². The number of aromatic nitrogens is 2. The molecule has 1 aromatic carbocycles. The van der Waals surface area contributed by atoms with Crippen molar-refractivity contribution in [3.05, 3.63) is 84.3 Å². The molecule has 0 N–H and O–H groups in total. The standard InChI is InChI=1S/C24H21N4.ClH/c1-16-20-13-7-8-15-28(20)24(21(16)18-10-5-4-6-11-18)26-22-17(2)25-19-12-9-14-27(3)23(19)22;/h4-15H,1-3H3;1H/q+1;/p-1. The molecule has 4 heterocycles. The van der Waals surface area contributed by atoms with Crippen molar-refractivity contribution in [1.82, 2.24) is 4.40 Å². The fraction of sp³-hybridized carbons (Fsp3) is 0.125. The van der Waals surface area contributed by atoms with Crippen molar-refractivity contribution in [3.8, 4) is 11.1 Å². The molecule has 144 valence electrons. The van der Waals surface area contributed by atoms with Gasteiger partial charge in [0.05, 0.1) is 11.2 Å². The number of aryl methyl sites for hydroxylation is 2. The Balaban J connectivity index is 0.00000205. The Morgan fingerprint density at radius 1 is 0.931 bits per heavy atom. The second-order valence-electron chi connectivity index (χ2n) is 7.16. The molecule has 1 aliphatic heterocycles. The van der Waals surface area contributed by atoms with E-state index in [1.54, 1.807) is 0 Å². The van der Waals surface area contributed by atoms with Crippen LogP contribution >= 0.6 is 0 Å². The van der Waals surface area contributed by atoms with Crippen LogP contribution in [0.4, 0.5) is 11.5 Å². The topological polar surface area (TPSA) is 33.0 Å². The first-order valence-electron chi connectivity index (χ1n) is 9.43. The van der Waals surface area contributed by atoms with Crippen LogP contribution in [0.3, 0.4) is 0 Å². The smallest absolute Gasteiger partial charge is 0.258 e. The van der Waals surface area contributed by atoms with Crippen molar-refractivity contribution in [2.24, 2.45) is 17.0 Å². The molecule has 5 heteroatoms. The van der Waals surface area contributed by atoms with E-state index in [4.69, 9.17) is 9.98 Å². The summed E-state index contributed by atoms with van der Waals surface area (Å²) in [5, 5.41) is 0. The van der Waals surface area contributed by atoms with E-state index < -0.39 is 0 Å². The number of hydrogen-bond donors (Lipinski definition) is 0. The Labute approximate surface area is 176 Å². The highest BCUT2D eigenvalue weighted by Crippen LogP contribution is 2.39. The van der Waals surface area contributed by atoms with E-state index in [0.717, 1.165) is 28.6 Å². The summed E-state index contributed by atoms with van der Waals surface area (Å²) in [5.74, 6) is 0.945. The number of halogens is 1. The number of nitrogens with zero attached hydrogens (tertiary/aromatic N) is 4. The molecular formula is C24H21ClN4. The molecule has 5 rings (SSSR count). The van der Waals surface area contributed by atoms with Crippen LogP contribution in [-0.2, 0) is 7.05 Å². The molecule has 0 fully saturated rings. The highest BCUT2D eigenvalue weighted by Gasteiger charge is 2.29. The van der Waals surface area contributed by atoms with Crippen molar-refractivity contribution >= 4 is 28.4 Å². The molecule has 4 nitrogen and oxygen atoms in total. The SMILES string of the molecule is CC1=Nc2ccc[n+](C)c2C1=Nc1c(-c2ccccc2)c(C)c2ccccn12.[Cl-]. The molecule has 0 aliphatic carbocycles. The molecule has 29 heavy (non-hydrogen) atoms. The van der Waals surface area contributed by atoms with Gasteiger partial charge in [-0.25, -0.2) is 9.98 Å². The van der Waals surface area contributed by atoms with E-state index in [1.807, 2.05) is 38.4 Å². The summed E-state index contributed by atoms with van der Waals surface area (Å²) in [5.41, 5.74) is 8.65. The molecule has 0 saturated heterocycles. The third kappa shape index (κ3) is 2.97. The lowest BCUT2D eigenvalue weighted by atomic mass is 10.0. The number of hydrogen-bond acceptors (Lipinski definition) is 2. The van der Waals surface area contributed by atoms with Crippen LogP contribution in [-0.4, -0.2) is 15.8 Å². The van der Waals surface area contributed by atoms with Gasteiger partial charge < -0.3 is 16.8 Å². The molecule has 0 radical (unpaired) electrons. The minimum atomic E-state index is 0. The van der Waals surface area contributed by atoms with Gasteiger partial charge in [0.2, 0.25) is 0 Å². The summed E-state index contributed by atoms with van der Waals surface area (Å²) in [6.45, 7) is 4.20. The van der Waals surface area contributed by atoms with Gasteiger partial charge in [0.15, 0.2) is 11.9 Å². The van der Waals surface area contributed by atoms with Crippen LogP contribution in [0, 0.1) is 6.92 Å². The van der Waals surface area contributed by atoms with E-state index >= 15 is 0 Å². The number of pyridine rings is 2. The lowest BCUT2D eigenvalue weighted by Crippen LogP contribution is -3.00. The fourth-order valence-corrected chi connectivity index (χ4v) is 4.03. The van der Waals surface area contributed by atoms with E-state index in [2.05, 4.69) is 64.6 Å². The molecule has 0 spiro atoms. The lowest BCUT2D eigenvalue weighted by Gasteiger charge is -2.05. The molecule has 0 unspecified atom stereocenters. The van der Waals surface area contributed by atoms with Crippen LogP contribution in [0.25, 0.3) is 16.6 Å². The van der Waals surface area contributed by atoms with Crippen molar-refractivity contribution < 1.29 is 17.0 Å². The zero-order valence-electron chi connectivity index (χ0n) is 16.6. The molecule has 0 bridgehead atoms. The third-order valence-corrected chi connectivity index (χ3v) is 5.37. The molecular weight excluding hydrogens is 380 g/mol. The summed E-state index contributed by atoms with van der Waals surface area (Å²) >= 11 is 0. The number of aliphatic imine (C=N–C) groups is 2. The van der Waals surface area contributed by atoms with Gasteiger partial charge in [-0.15, -0.1) is 0 Å². The Morgan fingerprint density at radius 2 is 1.69 bits per heavy atom. The van der Waals surface area contributed by atoms with Crippen LogP contribution in [0.15, 0.2) is 83.0 Å². The van der Waals surface area contributed by atoms with Gasteiger partial charge in [-0.3, -0.25) is 0 Å². The quantitative estimate of drug-likeness (QED) is 0.461. The summed E-state index contributed by atoms with van der Waals surface area (Å²) in [4.78, 5) is 9.93. The van der Waals surface area contributed by atoms with Crippen molar-refractivity contribution in [3.63, 3.8) is 0 Å². The highest BCUT2D eigenvalue weighted by atomic mass is 35.5. The summed E-state index contributed by atoms with van der Waals surface area (Å²) in [7, 11) is 2.04. The zero-order valence-corrected chi connectivity index (χ0v) is 17.4. The normalized spacial score (nSPS) is 14.0. The Bertz CT molecular complexity index is 1280. The molecule has 0 saturated carbocycles. The molecule has 4 aromatic rings. The highest BCUT2D eigenvalue weighted by molar-refractivity contribution is 6.50. The third-order valence-electron chi connectivity index (χ3n) is 5.37. The zero-order chi connectivity index (χ0) is 19.3. The summed E-state index contributed by atoms with van der Waals surface area (Å²) in [6, 6.07) is 20.8. The van der Waals surface area contributed by atoms with Crippen LogP contribution in [0.2, 0.25) is 0 Å². The van der Waals surface area contributed by atoms with Crippen molar-refractivity contribution in [2.75, 3.05) is 0 Å². The van der Waals surface area contributed by atoms with Gasteiger partial charge in [-0.1, -0.05) is 36.4 Å². The largest absolute Gasteiger partial charge is 1.00 e. The average molecular weight is 401 g/mol. The minimum Gasteiger partial charge on any atom is -1.00 e. The number of fused-ring (bicyclic) bond motifs is 2. The molecule has 1 aliphatic rings. The Morgan fingerprint density at radius 3 is 2.48 bits per heavy atom. The van der Waals surface area contributed by atoms with E-state index in [-0.39, 0.29) is 12.4 Å². The van der Waals surface area contributed by atoms with E-state index in [0.29, 0.717) is 0 Å². The van der Waals surface area contributed by atoms with Crippen LogP contribution in [0.5, 0.6) is 0 Å². The first-order chi connectivity index (χ1) is 13.6. The summed E-state index contributed by atoms with van der Waals surface area (Å²) in [6.07, 6.45) is 4.13. The molecule has 0 atom stereocenters. The Hall–Kier alpha value is -3.24. The Kier molecular flexibility index (Phi) is 4.81. The van der Waals surface area contributed by atoms with Gasteiger partial charge in [-0.05, 0) is 43.2 Å². The predicted octanol–water partition coefficient (Wildman–Crippen LogP) is 1.97. The first-order valence-corrected chi connectivity index (χ1v) is 9.43. The average Bonchev–Trinajstić information content (AvgIpc) is 3.18. The maximum Gasteiger partial charge on any atom is 0.258 e. The lowest BCUT2D eigenvalue weighted by molar-refractivity contribution is -0.671. The maximum atomic E-state index is 5.19. The van der Waals surface area contributed by atoms with E-state index in [9.17, 15) is 0 Å². The van der Waals surface area contributed by atoms with Gasteiger partial charge in [0.1, 0.15) is 18.6 Å².